The van der Waals surface area contributed by atoms with Gasteiger partial charge in [0.25, 0.3) is 0 Å². The molecule has 0 bridgehead atoms. The molecule has 0 saturated carbocycles. The minimum absolute atomic E-state index is 0.00712. The zero-order valence-corrected chi connectivity index (χ0v) is 12.2. The maximum absolute atomic E-state index is 5.69. The van der Waals surface area contributed by atoms with Gasteiger partial charge in [0.2, 0.25) is 16.9 Å². The summed E-state index contributed by atoms with van der Waals surface area (Å²) in [5.41, 5.74) is 6.46. The van der Waals surface area contributed by atoms with Gasteiger partial charge in [-0.2, -0.15) is 0 Å². The first-order chi connectivity index (χ1) is 9.72. The maximum atomic E-state index is 5.69. The van der Waals surface area contributed by atoms with Crippen LogP contribution in [0.3, 0.4) is 0 Å². The van der Waals surface area contributed by atoms with Gasteiger partial charge in [-0.3, -0.25) is 0 Å². The van der Waals surface area contributed by atoms with E-state index in [4.69, 9.17) is 10.2 Å². The lowest BCUT2D eigenvalue weighted by molar-refractivity contribution is 0.509. The molecule has 1 atom stereocenters. The fourth-order valence-electron chi connectivity index (χ4n) is 1.57. The van der Waals surface area contributed by atoms with Crippen molar-refractivity contribution in [2.75, 3.05) is 5.73 Å². The molecular weight excluding hydrogens is 294 g/mol. The van der Waals surface area contributed by atoms with Gasteiger partial charge < -0.3 is 10.2 Å². The Hall–Kier alpha value is -1.93. The first-order valence-electron chi connectivity index (χ1n) is 5.87. The Bertz CT molecular complexity index is 697. The summed E-state index contributed by atoms with van der Waals surface area (Å²) >= 11 is 2.84. The third-order valence-corrected chi connectivity index (χ3v) is 4.43. The number of nitrogens with two attached hydrogens (primary N) is 1. The van der Waals surface area contributed by atoms with Gasteiger partial charge in [-0.1, -0.05) is 41.3 Å². The molecule has 0 aliphatic carbocycles. The number of rotatable bonds is 4. The molecule has 2 aromatic heterocycles. The molecule has 0 amide bonds. The molecule has 3 aromatic rings. The van der Waals surface area contributed by atoms with Crippen molar-refractivity contribution in [2.45, 2.75) is 16.5 Å². The molecule has 3 rings (SSSR count). The van der Waals surface area contributed by atoms with E-state index in [9.17, 15) is 0 Å². The number of aromatic nitrogens is 4. The van der Waals surface area contributed by atoms with E-state index in [2.05, 4.69) is 20.4 Å². The topological polar surface area (TPSA) is 90.7 Å². The van der Waals surface area contributed by atoms with Crippen LogP contribution in [0, 0.1) is 0 Å². The summed E-state index contributed by atoms with van der Waals surface area (Å²) in [6.07, 6.45) is 0. The molecule has 8 heteroatoms. The Labute approximate surface area is 123 Å². The minimum Gasteiger partial charge on any atom is -0.419 e. The molecule has 2 N–H and O–H groups in total. The molecule has 20 heavy (non-hydrogen) atoms. The Kier molecular flexibility index (Phi) is 3.66. The van der Waals surface area contributed by atoms with Crippen LogP contribution in [-0.4, -0.2) is 20.4 Å². The van der Waals surface area contributed by atoms with Crippen LogP contribution in [0.1, 0.15) is 18.1 Å². The highest BCUT2D eigenvalue weighted by Crippen LogP contribution is 2.36. The Morgan fingerprint density at radius 3 is 2.65 bits per heavy atom. The molecule has 0 radical (unpaired) electrons. The zero-order valence-electron chi connectivity index (χ0n) is 10.6. The summed E-state index contributed by atoms with van der Waals surface area (Å²) < 4.78 is 6.48. The van der Waals surface area contributed by atoms with Crippen molar-refractivity contribution in [3.63, 3.8) is 0 Å². The van der Waals surface area contributed by atoms with Gasteiger partial charge in [0.05, 0.1) is 5.25 Å². The molecule has 2 heterocycles. The molecular formula is C12H11N5OS2. The predicted octanol–water partition coefficient (Wildman–Crippen LogP) is 3.02. The molecule has 0 unspecified atom stereocenters. The third kappa shape index (κ3) is 2.81. The molecule has 1 aromatic carbocycles. The minimum atomic E-state index is -0.00712. The first kappa shape index (κ1) is 13.1. The lowest BCUT2D eigenvalue weighted by atomic mass is 10.2. The van der Waals surface area contributed by atoms with Gasteiger partial charge in [-0.25, -0.2) is 0 Å². The Balaban J connectivity index is 1.76. The Morgan fingerprint density at radius 2 is 1.95 bits per heavy atom. The highest BCUT2D eigenvalue weighted by Gasteiger charge is 2.18. The van der Waals surface area contributed by atoms with Gasteiger partial charge in [0, 0.05) is 5.56 Å². The molecule has 0 spiro atoms. The second kappa shape index (κ2) is 5.59. The van der Waals surface area contributed by atoms with E-state index in [-0.39, 0.29) is 5.25 Å². The van der Waals surface area contributed by atoms with E-state index in [1.54, 1.807) is 0 Å². The summed E-state index contributed by atoms with van der Waals surface area (Å²) in [6.45, 7) is 1.98. The maximum Gasteiger partial charge on any atom is 0.247 e. The van der Waals surface area contributed by atoms with Crippen LogP contribution in [0.5, 0.6) is 0 Å². The van der Waals surface area contributed by atoms with Crippen molar-refractivity contribution in [3.8, 4) is 11.5 Å². The summed E-state index contributed by atoms with van der Waals surface area (Å²) in [7, 11) is 0. The van der Waals surface area contributed by atoms with Crippen LogP contribution < -0.4 is 5.73 Å². The average Bonchev–Trinajstić information content (AvgIpc) is 3.09. The standard InChI is InChI=1S/C12H11N5OS2/c1-7(19-12-17-16-11(13)20-12)9-14-15-10(18-9)8-5-3-2-4-6-8/h2-7H,1H3,(H2,13,16)/t7-/m1/s1. The number of hydrogen-bond donors (Lipinski definition) is 1. The second-order valence-corrected chi connectivity index (χ2v) is 6.57. The van der Waals surface area contributed by atoms with Crippen LogP contribution in [0.15, 0.2) is 39.1 Å². The first-order valence-corrected chi connectivity index (χ1v) is 7.56. The van der Waals surface area contributed by atoms with Gasteiger partial charge in [-0.05, 0) is 19.1 Å². The van der Waals surface area contributed by atoms with E-state index in [1.165, 1.54) is 23.1 Å². The fraction of sp³-hybridized carbons (Fsp3) is 0.167. The van der Waals surface area contributed by atoms with Crippen LogP contribution >= 0.6 is 23.1 Å². The predicted molar refractivity (Wildman–Crippen MR) is 78.3 cm³/mol. The van der Waals surface area contributed by atoms with E-state index in [1.807, 2.05) is 37.3 Å². The van der Waals surface area contributed by atoms with Gasteiger partial charge in [0.1, 0.15) is 0 Å². The van der Waals surface area contributed by atoms with Crippen molar-refractivity contribution in [1.29, 1.82) is 0 Å². The van der Waals surface area contributed by atoms with E-state index < -0.39 is 0 Å². The van der Waals surface area contributed by atoms with E-state index in [0.29, 0.717) is 16.9 Å². The summed E-state index contributed by atoms with van der Waals surface area (Å²) in [5.74, 6) is 1.08. The van der Waals surface area contributed by atoms with Crippen molar-refractivity contribution >= 4 is 28.2 Å². The third-order valence-electron chi connectivity index (χ3n) is 2.51. The van der Waals surface area contributed by atoms with Crippen molar-refractivity contribution in [1.82, 2.24) is 20.4 Å². The largest absolute Gasteiger partial charge is 0.419 e. The number of anilines is 1. The van der Waals surface area contributed by atoms with Crippen LogP contribution in [0.25, 0.3) is 11.5 Å². The van der Waals surface area contributed by atoms with Crippen LogP contribution in [0.2, 0.25) is 0 Å². The average molecular weight is 305 g/mol. The number of thioether (sulfide) groups is 1. The van der Waals surface area contributed by atoms with Crippen LogP contribution in [-0.2, 0) is 0 Å². The van der Waals surface area contributed by atoms with E-state index >= 15 is 0 Å². The molecule has 0 aliphatic rings. The summed E-state index contributed by atoms with van der Waals surface area (Å²) in [4.78, 5) is 0. The van der Waals surface area contributed by atoms with Crippen molar-refractivity contribution in [3.05, 3.63) is 36.2 Å². The molecule has 0 saturated heterocycles. The van der Waals surface area contributed by atoms with E-state index in [0.717, 1.165) is 9.90 Å². The normalized spacial score (nSPS) is 12.4. The number of hydrogen-bond acceptors (Lipinski definition) is 8. The fourth-order valence-corrected chi connectivity index (χ4v) is 3.38. The molecule has 0 fully saturated rings. The molecule has 6 nitrogen and oxygen atoms in total. The van der Waals surface area contributed by atoms with Crippen molar-refractivity contribution in [2.24, 2.45) is 0 Å². The number of benzene rings is 1. The Morgan fingerprint density at radius 1 is 1.15 bits per heavy atom. The number of nitrogen functional groups attached to an aromatic ring is 1. The van der Waals surface area contributed by atoms with Crippen LogP contribution in [0.4, 0.5) is 5.13 Å². The summed E-state index contributed by atoms with van der Waals surface area (Å²) in [5, 5.41) is 16.3. The molecule has 102 valence electrons. The SMILES string of the molecule is C[C@@H](Sc1nnc(N)s1)c1nnc(-c2ccccc2)o1. The van der Waals surface area contributed by atoms with Gasteiger partial charge in [-0.15, -0.1) is 20.4 Å². The smallest absolute Gasteiger partial charge is 0.247 e. The highest BCUT2D eigenvalue weighted by atomic mass is 32.2. The van der Waals surface area contributed by atoms with Crippen molar-refractivity contribution < 1.29 is 4.42 Å². The van der Waals surface area contributed by atoms with Gasteiger partial charge >= 0.3 is 0 Å². The monoisotopic (exact) mass is 305 g/mol. The quantitative estimate of drug-likeness (QED) is 0.741. The second-order valence-electron chi connectivity index (χ2n) is 3.98. The lowest BCUT2D eigenvalue weighted by Gasteiger charge is -2.01. The summed E-state index contributed by atoms with van der Waals surface area (Å²) in [6, 6.07) is 9.67. The molecule has 0 aliphatic heterocycles. The number of nitrogens with zero attached hydrogens (tertiary/aromatic N) is 4. The highest BCUT2D eigenvalue weighted by molar-refractivity contribution is 8.01. The lowest BCUT2D eigenvalue weighted by Crippen LogP contribution is -1.88. The van der Waals surface area contributed by atoms with Gasteiger partial charge in [0.15, 0.2) is 4.34 Å². The zero-order chi connectivity index (χ0) is 13.9.